The van der Waals surface area contributed by atoms with Crippen LogP contribution in [0.1, 0.15) is 31.3 Å². The summed E-state index contributed by atoms with van der Waals surface area (Å²) in [6, 6.07) is 6.53. The fourth-order valence-electron chi connectivity index (χ4n) is 2.08. The number of nitrogens with zero attached hydrogens (tertiary/aromatic N) is 1. The molecule has 2 aromatic rings. The number of ether oxygens (including phenoxy) is 3. The molecule has 0 aliphatic heterocycles. The molecule has 7 heteroatoms. The number of esters is 1. The van der Waals surface area contributed by atoms with E-state index in [-0.39, 0.29) is 5.69 Å². The highest BCUT2D eigenvalue weighted by atomic mass is 16.6. The summed E-state index contributed by atoms with van der Waals surface area (Å²) in [6.07, 6.45) is 1.48. The van der Waals surface area contributed by atoms with Crippen LogP contribution in [0.5, 0.6) is 17.2 Å². The standard InChI is InChI=1S/C18H23N3O4/c1-18(2,3)25-17(22)14-8-11(6-7-21-14)24-16-9-12(19)13(20-4)10-15(16)23-5/h6-10,20H,19H2,1-5H3. The van der Waals surface area contributed by atoms with E-state index < -0.39 is 11.6 Å². The van der Waals surface area contributed by atoms with Crippen LogP contribution in [0, 0.1) is 0 Å². The van der Waals surface area contributed by atoms with Crippen LogP contribution in [-0.2, 0) is 4.74 Å². The molecule has 0 unspecified atom stereocenters. The molecule has 0 radical (unpaired) electrons. The summed E-state index contributed by atoms with van der Waals surface area (Å²) in [5.41, 5.74) is 6.77. The van der Waals surface area contributed by atoms with Crippen LogP contribution in [0.2, 0.25) is 0 Å². The Kier molecular flexibility index (Phi) is 5.36. The number of nitrogen functional groups attached to an aromatic ring is 1. The maximum absolute atomic E-state index is 12.1. The van der Waals surface area contributed by atoms with Crippen molar-refractivity contribution in [3.63, 3.8) is 0 Å². The Balaban J connectivity index is 2.28. The number of nitrogens with two attached hydrogens (primary N) is 1. The van der Waals surface area contributed by atoms with Crippen LogP contribution in [0.3, 0.4) is 0 Å². The highest BCUT2D eigenvalue weighted by molar-refractivity contribution is 5.88. The van der Waals surface area contributed by atoms with Gasteiger partial charge in [0.1, 0.15) is 11.4 Å². The molecule has 0 amide bonds. The molecule has 1 heterocycles. The average molecular weight is 345 g/mol. The summed E-state index contributed by atoms with van der Waals surface area (Å²) in [6.45, 7) is 5.38. The van der Waals surface area contributed by atoms with E-state index >= 15 is 0 Å². The summed E-state index contributed by atoms with van der Waals surface area (Å²) in [4.78, 5) is 16.2. The minimum atomic E-state index is -0.601. The Morgan fingerprint density at radius 3 is 2.52 bits per heavy atom. The van der Waals surface area contributed by atoms with Gasteiger partial charge in [-0.2, -0.15) is 0 Å². The number of carbonyl (C=O) groups excluding carboxylic acids is 1. The van der Waals surface area contributed by atoms with Crippen LogP contribution in [-0.4, -0.2) is 30.7 Å². The molecule has 25 heavy (non-hydrogen) atoms. The molecule has 1 aromatic heterocycles. The quantitative estimate of drug-likeness (QED) is 0.633. The average Bonchev–Trinajstić information content (AvgIpc) is 2.54. The molecule has 0 saturated heterocycles. The summed E-state index contributed by atoms with van der Waals surface area (Å²) in [7, 11) is 3.30. The maximum atomic E-state index is 12.1. The van der Waals surface area contributed by atoms with E-state index in [1.165, 1.54) is 19.4 Å². The van der Waals surface area contributed by atoms with Crippen LogP contribution in [0.25, 0.3) is 0 Å². The van der Waals surface area contributed by atoms with Gasteiger partial charge in [0.25, 0.3) is 0 Å². The van der Waals surface area contributed by atoms with E-state index in [0.717, 1.165) is 5.69 Å². The smallest absolute Gasteiger partial charge is 0.357 e. The van der Waals surface area contributed by atoms with Gasteiger partial charge in [-0.3, -0.25) is 0 Å². The van der Waals surface area contributed by atoms with Crippen molar-refractivity contribution in [2.75, 3.05) is 25.2 Å². The Hall–Kier alpha value is -2.96. The number of hydrogen-bond acceptors (Lipinski definition) is 7. The molecule has 0 aliphatic rings. The Bertz CT molecular complexity index is 769. The van der Waals surface area contributed by atoms with E-state index in [4.69, 9.17) is 19.9 Å². The van der Waals surface area contributed by atoms with Crippen molar-refractivity contribution in [3.05, 3.63) is 36.2 Å². The SMILES string of the molecule is CNc1cc(OC)c(Oc2ccnc(C(=O)OC(C)(C)C)c2)cc1N. The molecule has 0 spiro atoms. The lowest BCUT2D eigenvalue weighted by molar-refractivity contribution is 0.00625. The number of aromatic nitrogens is 1. The van der Waals surface area contributed by atoms with Crippen molar-refractivity contribution in [2.45, 2.75) is 26.4 Å². The van der Waals surface area contributed by atoms with Crippen LogP contribution < -0.4 is 20.5 Å². The minimum absolute atomic E-state index is 0.159. The maximum Gasteiger partial charge on any atom is 0.357 e. The van der Waals surface area contributed by atoms with Crippen molar-refractivity contribution < 1.29 is 19.0 Å². The highest BCUT2D eigenvalue weighted by Crippen LogP contribution is 2.37. The van der Waals surface area contributed by atoms with Crippen molar-refractivity contribution in [1.82, 2.24) is 4.98 Å². The van der Waals surface area contributed by atoms with Gasteiger partial charge in [0.15, 0.2) is 17.2 Å². The van der Waals surface area contributed by atoms with Crippen LogP contribution in [0.15, 0.2) is 30.5 Å². The number of nitrogens with one attached hydrogen (secondary N) is 1. The molecular formula is C18H23N3O4. The van der Waals surface area contributed by atoms with Gasteiger partial charge >= 0.3 is 5.97 Å². The molecule has 7 nitrogen and oxygen atoms in total. The predicted octanol–water partition coefficient (Wildman–Crippen LogP) is 3.46. The zero-order valence-electron chi connectivity index (χ0n) is 15.0. The largest absolute Gasteiger partial charge is 0.493 e. The monoisotopic (exact) mass is 345 g/mol. The molecule has 0 fully saturated rings. The Labute approximate surface area is 147 Å². The van der Waals surface area contributed by atoms with Crippen molar-refractivity contribution in [1.29, 1.82) is 0 Å². The van der Waals surface area contributed by atoms with Crippen molar-refractivity contribution in [2.24, 2.45) is 0 Å². The van der Waals surface area contributed by atoms with Crippen molar-refractivity contribution in [3.8, 4) is 17.2 Å². The first kappa shape index (κ1) is 18.4. The molecule has 3 N–H and O–H groups in total. The summed E-state index contributed by atoms with van der Waals surface area (Å²) in [5.74, 6) is 0.843. The van der Waals surface area contributed by atoms with E-state index in [1.807, 2.05) is 0 Å². The molecule has 0 bridgehead atoms. The number of rotatable bonds is 5. The fourth-order valence-corrected chi connectivity index (χ4v) is 2.08. The fraction of sp³-hybridized carbons (Fsp3) is 0.333. The van der Waals surface area contributed by atoms with E-state index in [1.54, 1.807) is 46.0 Å². The first-order valence-electron chi connectivity index (χ1n) is 7.76. The van der Waals surface area contributed by atoms with E-state index in [2.05, 4.69) is 10.3 Å². The number of pyridine rings is 1. The third-order valence-electron chi connectivity index (χ3n) is 3.17. The number of methoxy groups -OCH3 is 1. The van der Waals surface area contributed by atoms with Crippen LogP contribution in [0.4, 0.5) is 11.4 Å². The third-order valence-corrected chi connectivity index (χ3v) is 3.17. The van der Waals surface area contributed by atoms with Gasteiger partial charge in [-0.05, 0) is 26.8 Å². The molecule has 134 valence electrons. The minimum Gasteiger partial charge on any atom is -0.493 e. The molecule has 0 aliphatic carbocycles. The lowest BCUT2D eigenvalue weighted by Gasteiger charge is -2.19. The Morgan fingerprint density at radius 1 is 1.20 bits per heavy atom. The zero-order chi connectivity index (χ0) is 18.6. The first-order valence-corrected chi connectivity index (χ1v) is 7.76. The molecular weight excluding hydrogens is 322 g/mol. The van der Waals surface area contributed by atoms with Gasteiger partial charge in [-0.15, -0.1) is 0 Å². The van der Waals surface area contributed by atoms with Gasteiger partial charge in [-0.1, -0.05) is 0 Å². The second-order valence-electron chi connectivity index (χ2n) is 6.32. The first-order chi connectivity index (χ1) is 11.7. The number of carbonyl (C=O) groups is 1. The summed E-state index contributed by atoms with van der Waals surface area (Å²) >= 11 is 0. The van der Waals surface area contributed by atoms with Gasteiger partial charge in [-0.25, -0.2) is 9.78 Å². The second kappa shape index (κ2) is 7.29. The highest BCUT2D eigenvalue weighted by Gasteiger charge is 2.19. The summed E-state index contributed by atoms with van der Waals surface area (Å²) in [5, 5.41) is 2.98. The van der Waals surface area contributed by atoms with Gasteiger partial charge in [0.2, 0.25) is 0 Å². The number of hydrogen-bond donors (Lipinski definition) is 2. The molecule has 2 rings (SSSR count). The van der Waals surface area contributed by atoms with E-state index in [0.29, 0.717) is 22.9 Å². The molecule has 0 saturated carbocycles. The number of anilines is 2. The summed E-state index contributed by atoms with van der Waals surface area (Å²) < 4.78 is 16.5. The predicted molar refractivity (Wildman–Crippen MR) is 96.4 cm³/mol. The van der Waals surface area contributed by atoms with Crippen molar-refractivity contribution >= 4 is 17.3 Å². The zero-order valence-corrected chi connectivity index (χ0v) is 15.0. The lowest BCUT2D eigenvalue weighted by atomic mass is 10.2. The molecule has 1 aromatic carbocycles. The second-order valence-corrected chi connectivity index (χ2v) is 6.32. The van der Waals surface area contributed by atoms with E-state index in [9.17, 15) is 4.79 Å². The third kappa shape index (κ3) is 4.76. The van der Waals surface area contributed by atoms with Gasteiger partial charge < -0.3 is 25.3 Å². The van der Waals surface area contributed by atoms with Gasteiger partial charge in [0.05, 0.1) is 18.5 Å². The lowest BCUT2D eigenvalue weighted by Crippen LogP contribution is -2.24. The van der Waals surface area contributed by atoms with Gasteiger partial charge in [0, 0.05) is 31.4 Å². The normalized spacial score (nSPS) is 10.9. The topological polar surface area (TPSA) is 95.7 Å². The van der Waals surface area contributed by atoms with Crippen LogP contribution >= 0.6 is 0 Å². The number of benzene rings is 1. The molecule has 0 atom stereocenters. The Morgan fingerprint density at radius 2 is 1.92 bits per heavy atom.